The summed E-state index contributed by atoms with van der Waals surface area (Å²) in [5, 5.41) is 17.7. The minimum absolute atomic E-state index is 0.00147. The number of aromatic nitrogens is 4. The highest BCUT2D eigenvalue weighted by Gasteiger charge is 2.48. The zero-order chi connectivity index (χ0) is 26.4. The van der Waals surface area contributed by atoms with Crippen LogP contribution in [0.15, 0.2) is 41.1 Å². The number of hydrogen-bond acceptors (Lipinski definition) is 9. The Morgan fingerprint density at radius 1 is 1.14 bits per heavy atom. The fourth-order valence-electron chi connectivity index (χ4n) is 4.42. The van der Waals surface area contributed by atoms with Gasteiger partial charge in [0.1, 0.15) is 11.7 Å². The molecule has 2 atom stereocenters. The predicted octanol–water partition coefficient (Wildman–Crippen LogP) is 1.91. The Balaban J connectivity index is 1.32. The molecular formula is C24H25F2N7O4. The number of likely N-dealkylation sites (tertiary alicyclic amines) is 2. The maximum absolute atomic E-state index is 13.5. The molecule has 2 amide bonds. The monoisotopic (exact) mass is 513 g/mol. The maximum Gasteiger partial charge on any atom is 0.267 e. The van der Waals surface area contributed by atoms with Crippen molar-refractivity contribution in [2.75, 3.05) is 32.0 Å². The van der Waals surface area contributed by atoms with Crippen molar-refractivity contribution in [1.82, 2.24) is 29.9 Å². The predicted molar refractivity (Wildman–Crippen MR) is 126 cm³/mol. The summed E-state index contributed by atoms with van der Waals surface area (Å²) in [5.41, 5.74) is -0.0740. The van der Waals surface area contributed by atoms with Crippen molar-refractivity contribution < 1.29 is 28.0 Å². The SMILES string of the molecule is C[C@H](Nc1nccc(-c2cccc(-c3cc([C@]4(O)CCN(C)C4=O)on3)n2)n1)C(=O)N1CCC(F)(F)C1. The average molecular weight is 514 g/mol. The molecule has 5 heterocycles. The van der Waals surface area contributed by atoms with E-state index in [1.807, 2.05) is 0 Å². The van der Waals surface area contributed by atoms with Crippen LogP contribution in [0.25, 0.3) is 22.8 Å². The van der Waals surface area contributed by atoms with E-state index < -0.39 is 35.9 Å². The molecule has 194 valence electrons. The van der Waals surface area contributed by atoms with Gasteiger partial charge in [-0.3, -0.25) is 9.59 Å². The van der Waals surface area contributed by atoms with Crippen molar-refractivity contribution in [3.63, 3.8) is 0 Å². The van der Waals surface area contributed by atoms with E-state index in [4.69, 9.17) is 4.52 Å². The van der Waals surface area contributed by atoms with Gasteiger partial charge in [-0.05, 0) is 25.1 Å². The molecular weight excluding hydrogens is 488 g/mol. The Labute approximate surface area is 210 Å². The highest BCUT2D eigenvalue weighted by Crippen LogP contribution is 2.34. The van der Waals surface area contributed by atoms with Gasteiger partial charge in [0.05, 0.1) is 23.6 Å². The van der Waals surface area contributed by atoms with Crippen LogP contribution in [0, 0.1) is 0 Å². The van der Waals surface area contributed by atoms with Crippen molar-refractivity contribution in [1.29, 1.82) is 0 Å². The van der Waals surface area contributed by atoms with Crippen LogP contribution in [-0.4, -0.2) is 85.5 Å². The number of halogens is 2. The van der Waals surface area contributed by atoms with Gasteiger partial charge in [0.25, 0.3) is 11.8 Å². The lowest BCUT2D eigenvalue weighted by Gasteiger charge is -2.21. The van der Waals surface area contributed by atoms with Crippen LogP contribution in [0.5, 0.6) is 0 Å². The van der Waals surface area contributed by atoms with Crippen molar-refractivity contribution in [2.24, 2.45) is 0 Å². The molecule has 11 nitrogen and oxygen atoms in total. The average Bonchev–Trinajstić information content (AvgIpc) is 3.59. The highest BCUT2D eigenvalue weighted by molar-refractivity contribution is 5.87. The molecule has 37 heavy (non-hydrogen) atoms. The topological polar surface area (TPSA) is 138 Å². The van der Waals surface area contributed by atoms with Gasteiger partial charge < -0.3 is 24.7 Å². The maximum atomic E-state index is 13.5. The quantitative estimate of drug-likeness (QED) is 0.506. The Hall–Kier alpha value is -4.00. The van der Waals surface area contributed by atoms with Crippen LogP contribution < -0.4 is 5.32 Å². The van der Waals surface area contributed by atoms with Gasteiger partial charge in [0, 0.05) is 45.2 Å². The van der Waals surface area contributed by atoms with Gasteiger partial charge in [-0.1, -0.05) is 11.2 Å². The van der Waals surface area contributed by atoms with Gasteiger partial charge in [-0.25, -0.2) is 23.7 Å². The second kappa shape index (κ2) is 9.14. The zero-order valence-electron chi connectivity index (χ0n) is 20.2. The third-order valence-electron chi connectivity index (χ3n) is 6.55. The summed E-state index contributed by atoms with van der Waals surface area (Å²) in [7, 11) is 1.61. The van der Waals surface area contributed by atoms with E-state index in [1.54, 1.807) is 38.2 Å². The minimum Gasteiger partial charge on any atom is -0.373 e. The van der Waals surface area contributed by atoms with E-state index in [-0.39, 0.29) is 31.1 Å². The lowest BCUT2D eigenvalue weighted by Crippen LogP contribution is -2.41. The second-order valence-electron chi connectivity index (χ2n) is 9.32. The number of nitrogens with zero attached hydrogens (tertiary/aromatic N) is 6. The molecule has 0 spiro atoms. The van der Waals surface area contributed by atoms with Crippen LogP contribution >= 0.6 is 0 Å². The van der Waals surface area contributed by atoms with Crippen LogP contribution in [0.3, 0.4) is 0 Å². The van der Waals surface area contributed by atoms with Gasteiger partial charge in [-0.2, -0.15) is 0 Å². The number of carbonyl (C=O) groups excluding carboxylic acids is 2. The first-order valence-electron chi connectivity index (χ1n) is 11.7. The van der Waals surface area contributed by atoms with Crippen LogP contribution in [-0.2, 0) is 15.2 Å². The molecule has 0 radical (unpaired) electrons. The normalized spacial score (nSPS) is 21.9. The Morgan fingerprint density at radius 2 is 1.86 bits per heavy atom. The van der Waals surface area contributed by atoms with Crippen LogP contribution in [0.4, 0.5) is 14.7 Å². The van der Waals surface area contributed by atoms with E-state index in [2.05, 4.69) is 25.4 Å². The molecule has 13 heteroatoms. The summed E-state index contributed by atoms with van der Waals surface area (Å²) in [6, 6.07) is 7.48. The number of pyridine rings is 1. The van der Waals surface area contributed by atoms with E-state index in [9.17, 15) is 23.5 Å². The molecule has 2 aliphatic rings. The van der Waals surface area contributed by atoms with Crippen LogP contribution in [0.1, 0.15) is 25.5 Å². The van der Waals surface area contributed by atoms with Crippen molar-refractivity contribution in [3.8, 4) is 22.8 Å². The highest BCUT2D eigenvalue weighted by atomic mass is 19.3. The number of aliphatic hydroxyl groups is 1. The lowest BCUT2D eigenvalue weighted by atomic mass is 9.98. The molecule has 2 saturated heterocycles. The third-order valence-corrected chi connectivity index (χ3v) is 6.55. The molecule has 0 saturated carbocycles. The molecule has 3 aromatic heterocycles. The summed E-state index contributed by atoms with van der Waals surface area (Å²) in [6.45, 7) is 1.37. The molecule has 0 aliphatic carbocycles. The largest absolute Gasteiger partial charge is 0.373 e. The van der Waals surface area contributed by atoms with Crippen molar-refractivity contribution in [2.45, 2.75) is 37.3 Å². The summed E-state index contributed by atoms with van der Waals surface area (Å²) in [6.07, 6.45) is 1.34. The number of likely N-dealkylation sites (N-methyl/N-ethyl adjacent to an activating group) is 1. The minimum atomic E-state index is -2.87. The fourth-order valence-corrected chi connectivity index (χ4v) is 4.42. The molecule has 0 unspecified atom stereocenters. The standard InChI is InChI=1S/C24H25F2N7O4/c1-14(20(34)33-11-7-23(25,26)13-33)28-22-27-9-6-17(30-22)15-4-3-5-16(29-15)18-12-19(37-31-18)24(36)8-10-32(2)21(24)35/h3-6,9,12,14,36H,7-8,10-11,13H2,1-2H3,(H,27,28,30)/t14-,24+/m0/s1. The number of rotatable bonds is 6. The van der Waals surface area contributed by atoms with Gasteiger partial charge in [0.2, 0.25) is 17.5 Å². The van der Waals surface area contributed by atoms with E-state index in [0.29, 0.717) is 29.3 Å². The summed E-state index contributed by atoms with van der Waals surface area (Å²) < 4.78 is 32.3. The zero-order valence-corrected chi connectivity index (χ0v) is 20.2. The van der Waals surface area contributed by atoms with Gasteiger partial charge in [-0.15, -0.1) is 0 Å². The first-order chi connectivity index (χ1) is 17.6. The summed E-state index contributed by atoms with van der Waals surface area (Å²) >= 11 is 0. The number of amides is 2. The third kappa shape index (κ3) is 4.73. The number of carbonyl (C=O) groups is 2. The lowest BCUT2D eigenvalue weighted by molar-refractivity contribution is -0.144. The molecule has 5 rings (SSSR count). The first kappa shape index (κ1) is 24.7. The molecule has 3 aromatic rings. The summed E-state index contributed by atoms with van der Waals surface area (Å²) in [4.78, 5) is 40.6. The second-order valence-corrected chi connectivity index (χ2v) is 9.32. The number of anilines is 1. The van der Waals surface area contributed by atoms with E-state index in [1.165, 1.54) is 17.2 Å². The Bertz CT molecular complexity index is 1350. The fraction of sp³-hybridized carbons (Fsp3) is 0.417. The van der Waals surface area contributed by atoms with Crippen LogP contribution in [0.2, 0.25) is 0 Å². The number of nitrogens with one attached hydrogen (secondary N) is 1. The molecule has 2 aliphatic heterocycles. The van der Waals surface area contributed by atoms with Gasteiger partial charge in [0.15, 0.2) is 5.76 Å². The molecule has 0 aromatic carbocycles. The van der Waals surface area contributed by atoms with Crippen molar-refractivity contribution >= 4 is 17.8 Å². The van der Waals surface area contributed by atoms with Crippen molar-refractivity contribution in [3.05, 3.63) is 42.3 Å². The Morgan fingerprint density at radius 3 is 2.54 bits per heavy atom. The molecule has 2 fully saturated rings. The van der Waals surface area contributed by atoms with Gasteiger partial charge >= 0.3 is 0 Å². The summed E-state index contributed by atoms with van der Waals surface area (Å²) in [5.74, 6) is -3.59. The van der Waals surface area contributed by atoms with E-state index in [0.717, 1.165) is 4.90 Å². The van der Waals surface area contributed by atoms with E-state index >= 15 is 0 Å². The molecule has 0 bridgehead atoms. The molecule has 2 N–H and O–H groups in total. The number of alkyl halides is 2. The Kier molecular flexibility index (Phi) is 6.10. The number of hydrogen-bond donors (Lipinski definition) is 2. The smallest absolute Gasteiger partial charge is 0.267 e. The first-order valence-corrected chi connectivity index (χ1v) is 11.7.